The predicted molar refractivity (Wildman–Crippen MR) is 147 cm³/mol. The highest BCUT2D eigenvalue weighted by Crippen LogP contribution is 2.29. The number of ketones is 1. The summed E-state index contributed by atoms with van der Waals surface area (Å²) in [6, 6.07) is 7.97. The van der Waals surface area contributed by atoms with Crippen molar-refractivity contribution in [2.45, 2.75) is 89.3 Å². The molecule has 0 unspecified atom stereocenters. The van der Waals surface area contributed by atoms with Crippen molar-refractivity contribution in [1.29, 1.82) is 0 Å². The molecule has 39 heavy (non-hydrogen) atoms. The number of carbonyl (C=O) groups excluding carboxylic acids is 4. The fourth-order valence-electron chi connectivity index (χ4n) is 4.97. The summed E-state index contributed by atoms with van der Waals surface area (Å²) in [6.45, 7) is 7.59. The van der Waals surface area contributed by atoms with Gasteiger partial charge in [-0.1, -0.05) is 57.2 Å². The number of carbonyl (C=O) groups is 4. The SMILES string of the molecule is CCCC[C@H](NC(=O)C1(NC(=O)N2CCOCC2)CCCCC1)C(=O)C(=O)NCC(C)(C)Oc1ccccc1. The molecular weight excluding hydrogens is 500 g/mol. The summed E-state index contributed by atoms with van der Waals surface area (Å²) in [5.74, 6) is -1.21. The molecule has 1 heterocycles. The average Bonchev–Trinajstić information content (AvgIpc) is 2.94. The van der Waals surface area contributed by atoms with E-state index in [0.717, 1.165) is 25.7 Å². The molecule has 216 valence electrons. The van der Waals surface area contributed by atoms with Gasteiger partial charge in [0.1, 0.15) is 16.9 Å². The lowest BCUT2D eigenvalue weighted by Gasteiger charge is -2.39. The van der Waals surface area contributed by atoms with Crippen molar-refractivity contribution < 1.29 is 28.7 Å². The van der Waals surface area contributed by atoms with Crippen LogP contribution in [0.3, 0.4) is 0 Å². The second-order valence-electron chi connectivity index (χ2n) is 11.1. The molecule has 2 aliphatic rings. The van der Waals surface area contributed by atoms with Crippen molar-refractivity contribution in [1.82, 2.24) is 20.9 Å². The Balaban J connectivity index is 1.65. The number of Topliss-reactive ketones (excluding diaryl/α,β-unsaturated/α-hetero) is 1. The maximum atomic E-state index is 13.7. The maximum Gasteiger partial charge on any atom is 0.318 e. The molecule has 1 aromatic carbocycles. The molecule has 3 rings (SSSR count). The van der Waals surface area contributed by atoms with Gasteiger partial charge in [0.2, 0.25) is 11.7 Å². The lowest BCUT2D eigenvalue weighted by atomic mass is 9.80. The van der Waals surface area contributed by atoms with E-state index in [0.29, 0.717) is 57.7 Å². The third kappa shape index (κ3) is 8.95. The smallest absolute Gasteiger partial charge is 0.318 e. The number of amides is 4. The van der Waals surface area contributed by atoms with E-state index in [1.54, 1.807) is 4.90 Å². The van der Waals surface area contributed by atoms with Gasteiger partial charge >= 0.3 is 6.03 Å². The first-order chi connectivity index (χ1) is 18.7. The monoisotopic (exact) mass is 544 g/mol. The van der Waals surface area contributed by atoms with Gasteiger partial charge < -0.3 is 30.3 Å². The number of hydrogen-bond acceptors (Lipinski definition) is 6. The standard InChI is InChI=1S/C29H44N4O6/c1-4-5-14-23(24(34)25(35)30-21-28(2,3)39-22-12-8-6-9-13-22)31-26(36)29(15-10-7-11-16-29)32-27(37)33-17-19-38-20-18-33/h6,8-9,12-13,23H,4-5,7,10-11,14-21H2,1-3H3,(H,30,35)(H,31,36)(H,32,37)/t23-/m0/s1. The molecule has 2 fully saturated rings. The molecule has 4 amide bonds. The molecule has 0 radical (unpaired) electrons. The van der Waals surface area contributed by atoms with Crippen molar-refractivity contribution in [3.8, 4) is 5.75 Å². The van der Waals surface area contributed by atoms with Crippen LogP contribution in [0.4, 0.5) is 4.79 Å². The average molecular weight is 545 g/mol. The molecule has 1 saturated carbocycles. The fourth-order valence-corrected chi connectivity index (χ4v) is 4.97. The van der Waals surface area contributed by atoms with Crippen molar-refractivity contribution >= 4 is 23.6 Å². The maximum absolute atomic E-state index is 13.7. The van der Waals surface area contributed by atoms with Gasteiger partial charge in [0.15, 0.2) is 0 Å². The van der Waals surface area contributed by atoms with E-state index >= 15 is 0 Å². The first-order valence-corrected chi connectivity index (χ1v) is 14.2. The molecule has 1 aliphatic heterocycles. The summed E-state index contributed by atoms with van der Waals surface area (Å²) >= 11 is 0. The van der Waals surface area contributed by atoms with Gasteiger partial charge in [0, 0.05) is 13.1 Å². The number of para-hydroxylation sites is 1. The number of rotatable bonds is 12. The van der Waals surface area contributed by atoms with E-state index in [2.05, 4.69) is 16.0 Å². The Morgan fingerprint density at radius 3 is 2.36 bits per heavy atom. The molecule has 1 saturated heterocycles. The van der Waals surface area contributed by atoms with Crippen molar-refractivity contribution in [2.75, 3.05) is 32.8 Å². The van der Waals surface area contributed by atoms with Crippen LogP contribution in [0.1, 0.15) is 72.1 Å². The van der Waals surface area contributed by atoms with Gasteiger partial charge in [0.25, 0.3) is 5.91 Å². The second kappa shape index (κ2) is 14.3. The quantitative estimate of drug-likeness (QED) is 0.348. The Hall–Kier alpha value is -3.14. The molecule has 1 atom stereocenters. The molecule has 1 aromatic rings. The summed E-state index contributed by atoms with van der Waals surface area (Å²) in [7, 11) is 0. The third-order valence-electron chi connectivity index (χ3n) is 7.29. The van der Waals surface area contributed by atoms with Crippen LogP contribution in [0.25, 0.3) is 0 Å². The van der Waals surface area contributed by atoms with E-state index in [1.807, 2.05) is 51.1 Å². The molecule has 0 aromatic heterocycles. The number of urea groups is 1. The zero-order valence-electron chi connectivity index (χ0n) is 23.6. The summed E-state index contributed by atoms with van der Waals surface area (Å²) < 4.78 is 11.3. The molecular formula is C29H44N4O6. The van der Waals surface area contributed by atoms with Crippen LogP contribution in [0.5, 0.6) is 5.75 Å². The van der Waals surface area contributed by atoms with Crippen LogP contribution < -0.4 is 20.7 Å². The zero-order chi connectivity index (χ0) is 28.3. The van der Waals surface area contributed by atoms with Crippen LogP contribution >= 0.6 is 0 Å². The topological polar surface area (TPSA) is 126 Å². The van der Waals surface area contributed by atoms with Gasteiger partial charge in [0.05, 0.1) is 25.8 Å². The van der Waals surface area contributed by atoms with Crippen molar-refractivity contribution in [2.24, 2.45) is 0 Å². The molecule has 3 N–H and O–H groups in total. The number of unbranched alkanes of at least 4 members (excludes halogenated alkanes) is 1. The lowest BCUT2D eigenvalue weighted by molar-refractivity contribution is -0.141. The van der Waals surface area contributed by atoms with Gasteiger partial charge in [-0.2, -0.15) is 0 Å². The van der Waals surface area contributed by atoms with E-state index < -0.39 is 34.8 Å². The number of nitrogens with one attached hydrogen (secondary N) is 3. The normalized spacial score (nSPS) is 18.0. The van der Waals surface area contributed by atoms with Gasteiger partial charge in [-0.05, 0) is 45.2 Å². The second-order valence-corrected chi connectivity index (χ2v) is 11.1. The highest BCUT2D eigenvalue weighted by atomic mass is 16.5. The highest BCUT2D eigenvalue weighted by molar-refractivity contribution is 6.38. The van der Waals surface area contributed by atoms with Crippen LogP contribution in [-0.4, -0.2) is 78.6 Å². The Morgan fingerprint density at radius 2 is 1.72 bits per heavy atom. The van der Waals surface area contributed by atoms with Crippen LogP contribution in [-0.2, 0) is 19.1 Å². The van der Waals surface area contributed by atoms with Crippen molar-refractivity contribution in [3.63, 3.8) is 0 Å². The largest absolute Gasteiger partial charge is 0.486 e. The molecule has 0 spiro atoms. The van der Waals surface area contributed by atoms with Crippen molar-refractivity contribution in [3.05, 3.63) is 30.3 Å². The lowest BCUT2D eigenvalue weighted by Crippen LogP contribution is -2.64. The predicted octanol–water partition coefficient (Wildman–Crippen LogP) is 2.95. The van der Waals surface area contributed by atoms with E-state index in [1.165, 1.54) is 0 Å². The van der Waals surface area contributed by atoms with E-state index in [-0.39, 0.29) is 12.6 Å². The van der Waals surface area contributed by atoms with E-state index in [9.17, 15) is 19.2 Å². The fraction of sp³-hybridized carbons (Fsp3) is 0.655. The Labute approximate surface area is 231 Å². The molecule has 10 nitrogen and oxygen atoms in total. The van der Waals surface area contributed by atoms with E-state index in [4.69, 9.17) is 9.47 Å². The number of nitrogens with zero attached hydrogens (tertiary/aromatic N) is 1. The minimum absolute atomic E-state index is 0.112. The zero-order valence-corrected chi connectivity index (χ0v) is 23.6. The Morgan fingerprint density at radius 1 is 1.05 bits per heavy atom. The number of benzene rings is 1. The number of ether oxygens (including phenoxy) is 2. The van der Waals surface area contributed by atoms with Gasteiger partial charge in [-0.3, -0.25) is 14.4 Å². The summed E-state index contributed by atoms with van der Waals surface area (Å²) in [4.78, 5) is 54.5. The first kappa shape index (κ1) is 30.4. The van der Waals surface area contributed by atoms with Gasteiger partial charge in [-0.25, -0.2) is 4.79 Å². The molecule has 0 bridgehead atoms. The highest BCUT2D eigenvalue weighted by Gasteiger charge is 2.43. The minimum Gasteiger partial charge on any atom is -0.486 e. The van der Waals surface area contributed by atoms with Crippen LogP contribution in [0, 0.1) is 0 Å². The van der Waals surface area contributed by atoms with Crippen LogP contribution in [0.15, 0.2) is 30.3 Å². The van der Waals surface area contributed by atoms with Crippen LogP contribution in [0.2, 0.25) is 0 Å². The molecule has 1 aliphatic carbocycles. The number of hydrogen-bond donors (Lipinski definition) is 3. The Kier molecular flexibility index (Phi) is 11.2. The third-order valence-corrected chi connectivity index (χ3v) is 7.29. The molecule has 10 heteroatoms. The Bertz CT molecular complexity index is 971. The minimum atomic E-state index is -1.11. The van der Waals surface area contributed by atoms with Gasteiger partial charge in [-0.15, -0.1) is 0 Å². The first-order valence-electron chi connectivity index (χ1n) is 14.2. The summed E-state index contributed by atoms with van der Waals surface area (Å²) in [6.07, 6.45) is 5.35. The number of morpholine rings is 1. The summed E-state index contributed by atoms with van der Waals surface area (Å²) in [5, 5.41) is 8.52. The summed E-state index contributed by atoms with van der Waals surface area (Å²) in [5.41, 5.74) is -1.87.